The van der Waals surface area contributed by atoms with Crippen LogP contribution >= 0.6 is 0 Å². The van der Waals surface area contributed by atoms with Crippen LogP contribution in [0.5, 0.6) is 5.88 Å². The number of carbonyl (C=O) groups excluding carboxylic acids is 3. The third kappa shape index (κ3) is 4.08. The Bertz CT molecular complexity index is 823. The second-order valence-electron chi connectivity index (χ2n) is 5.43. The van der Waals surface area contributed by atoms with E-state index in [2.05, 4.69) is 9.97 Å². The summed E-state index contributed by atoms with van der Waals surface area (Å²) >= 11 is 0. The molecule has 8 heteroatoms. The van der Waals surface area contributed by atoms with Gasteiger partial charge < -0.3 is 19.2 Å². The normalized spacial score (nSPS) is 10.3. The molecule has 0 aliphatic heterocycles. The van der Waals surface area contributed by atoms with Crippen LogP contribution in [0.3, 0.4) is 0 Å². The Balaban J connectivity index is 2.12. The van der Waals surface area contributed by atoms with E-state index in [4.69, 9.17) is 14.2 Å². The average Bonchev–Trinajstić information content (AvgIpc) is 2.93. The van der Waals surface area contributed by atoms with Crippen molar-refractivity contribution in [2.75, 3.05) is 20.3 Å². The third-order valence-corrected chi connectivity index (χ3v) is 3.65. The van der Waals surface area contributed by atoms with Crippen LogP contribution in [0.25, 0.3) is 0 Å². The molecule has 0 bridgehead atoms. The molecule has 0 unspecified atom stereocenters. The van der Waals surface area contributed by atoms with Crippen LogP contribution in [0.15, 0.2) is 18.3 Å². The number of aryl methyl sites for hydroxylation is 2. The molecule has 2 rings (SSSR count). The van der Waals surface area contributed by atoms with Crippen LogP contribution in [0.2, 0.25) is 0 Å². The van der Waals surface area contributed by atoms with Gasteiger partial charge in [0.1, 0.15) is 0 Å². The van der Waals surface area contributed by atoms with Crippen molar-refractivity contribution in [1.82, 2.24) is 9.97 Å². The molecule has 0 aliphatic rings. The number of hydrogen-bond donors (Lipinski definition) is 1. The lowest BCUT2D eigenvalue weighted by Crippen LogP contribution is -2.18. The summed E-state index contributed by atoms with van der Waals surface area (Å²) in [4.78, 5) is 43.5. The predicted octanol–water partition coefficient (Wildman–Crippen LogP) is 2.25. The number of aromatic amines is 1. The van der Waals surface area contributed by atoms with Crippen LogP contribution in [0.4, 0.5) is 0 Å². The van der Waals surface area contributed by atoms with Gasteiger partial charge in [0.15, 0.2) is 6.61 Å². The Morgan fingerprint density at radius 2 is 1.73 bits per heavy atom. The van der Waals surface area contributed by atoms with Crippen LogP contribution in [-0.4, -0.2) is 48.0 Å². The fourth-order valence-electron chi connectivity index (χ4n) is 2.50. The Hall–Kier alpha value is -3.16. The van der Waals surface area contributed by atoms with Crippen molar-refractivity contribution >= 4 is 17.7 Å². The number of pyridine rings is 1. The first-order valence-electron chi connectivity index (χ1n) is 7.95. The highest BCUT2D eigenvalue weighted by molar-refractivity contribution is 6.09. The summed E-state index contributed by atoms with van der Waals surface area (Å²) in [6, 6.07) is 2.99. The molecule has 1 N–H and O–H groups in total. The van der Waals surface area contributed by atoms with Crippen molar-refractivity contribution in [3.05, 3.63) is 46.4 Å². The Labute approximate surface area is 150 Å². The van der Waals surface area contributed by atoms with Crippen LogP contribution in [0.1, 0.15) is 49.4 Å². The van der Waals surface area contributed by atoms with Gasteiger partial charge in [0.05, 0.1) is 30.4 Å². The number of methoxy groups -OCH3 is 1. The van der Waals surface area contributed by atoms with Crippen molar-refractivity contribution in [2.45, 2.75) is 20.8 Å². The van der Waals surface area contributed by atoms with Gasteiger partial charge in [-0.25, -0.2) is 14.6 Å². The first kappa shape index (κ1) is 19.2. The number of aromatic nitrogens is 2. The molecule has 0 fully saturated rings. The molecular formula is C18H20N2O6. The van der Waals surface area contributed by atoms with Crippen molar-refractivity contribution < 1.29 is 28.6 Å². The first-order chi connectivity index (χ1) is 12.4. The number of rotatable bonds is 7. The number of ketones is 1. The smallest absolute Gasteiger partial charge is 0.340 e. The molecule has 0 amide bonds. The van der Waals surface area contributed by atoms with Crippen LogP contribution in [0, 0.1) is 13.8 Å². The fourth-order valence-corrected chi connectivity index (χ4v) is 2.50. The van der Waals surface area contributed by atoms with E-state index in [0.29, 0.717) is 17.3 Å². The molecule has 0 saturated heterocycles. The lowest BCUT2D eigenvalue weighted by molar-refractivity contribution is 0.0471. The van der Waals surface area contributed by atoms with Gasteiger partial charge in [-0.15, -0.1) is 0 Å². The summed E-state index contributed by atoms with van der Waals surface area (Å²) < 4.78 is 14.9. The van der Waals surface area contributed by atoms with Crippen molar-refractivity contribution in [1.29, 1.82) is 0 Å². The average molecular weight is 360 g/mol. The zero-order valence-electron chi connectivity index (χ0n) is 15.0. The maximum Gasteiger partial charge on any atom is 0.340 e. The quantitative estimate of drug-likeness (QED) is 0.596. The number of nitrogens with zero attached hydrogens (tertiary/aromatic N) is 1. The Morgan fingerprint density at radius 1 is 1.04 bits per heavy atom. The Morgan fingerprint density at radius 3 is 2.31 bits per heavy atom. The summed E-state index contributed by atoms with van der Waals surface area (Å²) in [5.41, 5.74) is 1.55. The molecule has 0 atom stereocenters. The second kappa shape index (κ2) is 8.28. The molecule has 138 valence electrons. The molecule has 2 heterocycles. The van der Waals surface area contributed by atoms with E-state index in [1.54, 1.807) is 20.8 Å². The number of hydrogen-bond acceptors (Lipinski definition) is 7. The summed E-state index contributed by atoms with van der Waals surface area (Å²) in [6.07, 6.45) is 1.29. The summed E-state index contributed by atoms with van der Waals surface area (Å²) in [7, 11) is 1.46. The molecule has 8 nitrogen and oxygen atoms in total. The molecule has 0 aromatic carbocycles. The minimum absolute atomic E-state index is 0.163. The number of esters is 2. The lowest BCUT2D eigenvalue weighted by Gasteiger charge is -2.07. The summed E-state index contributed by atoms with van der Waals surface area (Å²) in [5.74, 6) is -1.43. The molecular weight excluding hydrogens is 340 g/mol. The molecule has 0 saturated carbocycles. The van der Waals surface area contributed by atoms with E-state index < -0.39 is 24.3 Å². The highest BCUT2D eigenvalue weighted by Crippen LogP contribution is 2.20. The van der Waals surface area contributed by atoms with Gasteiger partial charge in [-0.1, -0.05) is 0 Å². The van der Waals surface area contributed by atoms with E-state index in [-0.39, 0.29) is 23.3 Å². The van der Waals surface area contributed by atoms with Crippen LogP contribution < -0.4 is 4.74 Å². The molecule has 0 aliphatic carbocycles. The van der Waals surface area contributed by atoms with Crippen molar-refractivity contribution in [2.24, 2.45) is 0 Å². The Kier molecular flexibility index (Phi) is 6.11. The van der Waals surface area contributed by atoms with E-state index in [1.807, 2.05) is 0 Å². The number of ether oxygens (including phenoxy) is 3. The number of Topliss-reactive ketones (excluding diaryl/α,β-unsaturated/α-hetero) is 1. The molecule has 0 radical (unpaired) electrons. The predicted molar refractivity (Wildman–Crippen MR) is 91.6 cm³/mol. The van der Waals surface area contributed by atoms with Crippen molar-refractivity contribution in [3.63, 3.8) is 0 Å². The number of carbonyl (C=O) groups is 3. The maximum absolute atomic E-state index is 12.5. The topological polar surface area (TPSA) is 108 Å². The van der Waals surface area contributed by atoms with Gasteiger partial charge in [-0.3, -0.25) is 4.79 Å². The maximum atomic E-state index is 12.5. The summed E-state index contributed by atoms with van der Waals surface area (Å²) in [5, 5.41) is 0. The van der Waals surface area contributed by atoms with Crippen molar-refractivity contribution in [3.8, 4) is 5.88 Å². The lowest BCUT2D eigenvalue weighted by atomic mass is 10.1. The molecule has 2 aromatic rings. The van der Waals surface area contributed by atoms with E-state index in [1.165, 1.54) is 25.4 Å². The van der Waals surface area contributed by atoms with Crippen LogP contribution in [-0.2, 0) is 9.47 Å². The fraction of sp³-hybridized carbons (Fsp3) is 0.333. The molecule has 0 spiro atoms. The number of nitrogens with one attached hydrogen (secondary N) is 1. The van der Waals surface area contributed by atoms with Gasteiger partial charge in [-0.05, 0) is 26.8 Å². The standard InChI is InChI=1S/C18H20N2O6/c1-5-25-18(23)16-11(3)20-10(2)15(16)13(21)9-26-17(22)12-6-7-14(24-4)19-8-12/h6-8,20H,5,9H2,1-4H3. The largest absolute Gasteiger partial charge is 0.481 e. The summed E-state index contributed by atoms with van der Waals surface area (Å²) in [6.45, 7) is 4.70. The zero-order valence-corrected chi connectivity index (χ0v) is 15.0. The third-order valence-electron chi connectivity index (χ3n) is 3.65. The number of H-pyrrole nitrogens is 1. The molecule has 2 aromatic heterocycles. The van der Waals surface area contributed by atoms with E-state index >= 15 is 0 Å². The first-order valence-corrected chi connectivity index (χ1v) is 7.95. The highest BCUT2D eigenvalue weighted by Gasteiger charge is 2.26. The van der Waals surface area contributed by atoms with Gasteiger partial charge >= 0.3 is 11.9 Å². The minimum atomic E-state index is -0.698. The highest BCUT2D eigenvalue weighted by atomic mass is 16.5. The minimum Gasteiger partial charge on any atom is -0.481 e. The van der Waals surface area contributed by atoms with Gasteiger partial charge in [0, 0.05) is 23.7 Å². The zero-order chi connectivity index (χ0) is 19.3. The van der Waals surface area contributed by atoms with Gasteiger partial charge in [0.2, 0.25) is 11.7 Å². The van der Waals surface area contributed by atoms with E-state index in [9.17, 15) is 14.4 Å². The van der Waals surface area contributed by atoms with Gasteiger partial charge in [-0.2, -0.15) is 0 Å². The SMILES string of the molecule is CCOC(=O)c1c(C)[nH]c(C)c1C(=O)COC(=O)c1ccc(OC)nc1. The van der Waals surface area contributed by atoms with Gasteiger partial charge in [0.25, 0.3) is 0 Å². The monoisotopic (exact) mass is 360 g/mol. The van der Waals surface area contributed by atoms with E-state index in [0.717, 1.165) is 0 Å². The second-order valence-corrected chi connectivity index (χ2v) is 5.43. The molecule has 26 heavy (non-hydrogen) atoms.